The molecule has 0 radical (unpaired) electrons. The van der Waals surface area contributed by atoms with Gasteiger partial charge in [-0.15, -0.1) is 0 Å². The lowest BCUT2D eigenvalue weighted by molar-refractivity contribution is -0.123. The highest BCUT2D eigenvalue weighted by Gasteiger charge is 2.30. The second kappa shape index (κ2) is 7.97. The number of nitrogens with two attached hydrogens (primary N) is 1. The van der Waals surface area contributed by atoms with E-state index in [0.717, 1.165) is 36.8 Å². The van der Waals surface area contributed by atoms with Crippen LogP contribution in [0.4, 0.5) is 0 Å². The lowest BCUT2D eigenvalue weighted by Crippen LogP contribution is -2.31. The Hall–Kier alpha value is -2.62. The minimum absolute atomic E-state index is 0.107. The average molecular weight is 337 g/mol. The number of esters is 1. The molecule has 0 bridgehead atoms. The monoisotopic (exact) mass is 337 g/mol. The summed E-state index contributed by atoms with van der Waals surface area (Å²) >= 11 is 0. The smallest absolute Gasteiger partial charge is 0.338 e. The van der Waals surface area contributed by atoms with Gasteiger partial charge in [-0.1, -0.05) is 55.3 Å². The fraction of sp³-hybridized carbons (Fsp3) is 0.333. The van der Waals surface area contributed by atoms with Gasteiger partial charge in [-0.2, -0.15) is 0 Å². The van der Waals surface area contributed by atoms with Gasteiger partial charge in [0.05, 0.1) is 5.56 Å². The quantitative estimate of drug-likeness (QED) is 0.844. The molecule has 0 aromatic heterocycles. The lowest BCUT2D eigenvalue weighted by Gasteiger charge is -2.29. The second-order valence-corrected chi connectivity index (χ2v) is 6.58. The first-order chi connectivity index (χ1) is 12.1. The molecule has 0 unspecified atom stereocenters. The molecular formula is C21H23NO3. The summed E-state index contributed by atoms with van der Waals surface area (Å²) < 4.78 is 5.35. The molecule has 1 saturated carbocycles. The highest BCUT2D eigenvalue weighted by atomic mass is 16.5. The number of carbonyl (C=O) groups excluding carboxylic acids is 2. The van der Waals surface area contributed by atoms with Crippen LogP contribution in [0.2, 0.25) is 0 Å². The molecule has 1 fully saturated rings. The largest absolute Gasteiger partial charge is 0.457 e. The summed E-state index contributed by atoms with van der Waals surface area (Å²) in [6.07, 6.45) is 3.97. The van der Waals surface area contributed by atoms with Crippen LogP contribution in [0, 0.1) is 5.92 Å². The number of ether oxygens (including phenoxy) is 1. The van der Waals surface area contributed by atoms with Crippen LogP contribution in [-0.2, 0) is 16.1 Å². The number of hydrogen-bond donors (Lipinski definition) is 1. The van der Waals surface area contributed by atoms with Gasteiger partial charge >= 0.3 is 5.97 Å². The van der Waals surface area contributed by atoms with Crippen LogP contribution >= 0.6 is 0 Å². The molecule has 130 valence electrons. The van der Waals surface area contributed by atoms with Gasteiger partial charge in [0.25, 0.3) is 0 Å². The second-order valence-electron chi connectivity index (χ2n) is 6.58. The molecule has 2 N–H and O–H groups in total. The van der Waals surface area contributed by atoms with Crippen molar-refractivity contribution >= 4 is 11.9 Å². The van der Waals surface area contributed by atoms with Gasteiger partial charge in [0, 0.05) is 5.92 Å². The third-order valence-corrected chi connectivity index (χ3v) is 4.92. The van der Waals surface area contributed by atoms with Crippen LogP contribution in [0.15, 0.2) is 54.6 Å². The fourth-order valence-corrected chi connectivity index (χ4v) is 3.54. The van der Waals surface area contributed by atoms with Gasteiger partial charge in [-0.3, -0.25) is 4.79 Å². The summed E-state index contributed by atoms with van der Waals surface area (Å²) in [5, 5.41) is 0. The maximum absolute atomic E-state index is 12.2. The van der Waals surface area contributed by atoms with E-state index in [1.807, 2.05) is 42.5 Å². The van der Waals surface area contributed by atoms with Crippen molar-refractivity contribution < 1.29 is 14.3 Å². The molecule has 1 aliphatic rings. The van der Waals surface area contributed by atoms with E-state index in [9.17, 15) is 9.59 Å². The van der Waals surface area contributed by atoms with E-state index in [2.05, 4.69) is 0 Å². The minimum Gasteiger partial charge on any atom is -0.457 e. The van der Waals surface area contributed by atoms with Crippen LogP contribution in [0.3, 0.4) is 0 Å². The maximum Gasteiger partial charge on any atom is 0.338 e. The molecule has 2 aromatic carbocycles. The summed E-state index contributed by atoms with van der Waals surface area (Å²) in [6.45, 7) is 0.258. The van der Waals surface area contributed by atoms with E-state index < -0.39 is 0 Å². The molecule has 1 amide bonds. The molecule has 1 aliphatic carbocycles. The van der Waals surface area contributed by atoms with Crippen LogP contribution < -0.4 is 5.73 Å². The Morgan fingerprint density at radius 2 is 1.64 bits per heavy atom. The summed E-state index contributed by atoms with van der Waals surface area (Å²) in [5.41, 5.74) is 8.10. The minimum atomic E-state index is -0.342. The molecule has 0 spiro atoms. The molecule has 4 heteroatoms. The number of hydrogen-bond acceptors (Lipinski definition) is 3. The number of rotatable bonds is 5. The molecular weight excluding hydrogens is 314 g/mol. The van der Waals surface area contributed by atoms with Crippen molar-refractivity contribution in [3.8, 4) is 0 Å². The number of carbonyl (C=O) groups is 2. The molecule has 2 atom stereocenters. The number of benzene rings is 2. The van der Waals surface area contributed by atoms with Crippen LogP contribution in [-0.4, -0.2) is 11.9 Å². The van der Waals surface area contributed by atoms with Crippen molar-refractivity contribution in [2.45, 2.75) is 38.2 Å². The van der Waals surface area contributed by atoms with Gasteiger partial charge < -0.3 is 10.5 Å². The van der Waals surface area contributed by atoms with E-state index >= 15 is 0 Å². The Bertz CT molecular complexity index is 725. The normalized spacial score (nSPS) is 20.0. The molecule has 0 saturated heterocycles. The van der Waals surface area contributed by atoms with Gasteiger partial charge in [-0.05, 0) is 42.0 Å². The standard InChI is InChI=1S/C21H23NO3/c22-20(23)19-9-5-4-8-18(19)16-10-12-17(13-11-16)21(24)25-14-15-6-2-1-3-7-15/h1-3,6-7,10-13,18-19H,4-5,8-9,14H2,(H2,22,23)/t18-,19-/m0/s1. The molecule has 25 heavy (non-hydrogen) atoms. The van der Waals surface area contributed by atoms with Crippen LogP contribution in [0.1, 0.15) is 53.1 Å². The zero-order chi connectivity index (χ0) is 17.6. The summed E-state index contributed by atoms with van der Waals surface area (Å²) in [5.74, 6) is -0.521. The van der Waals surface area contributed by atoms with Crippen LogP contribution in [0.5, 0.6) is 0 Å². The summed E-state index contributed by atoms with van der Waals surface area (Å²) in [4.78, 5) is 23.9. The first-order valence-electron chi connectivity index (χ1n) is 8.75. The Labute approximate surface area is 148 Å². The summed E-state index contributed by atoms with van der Waals surface area (Å²) in [6, 6.07) is 17.0. The zero-order valence-electron chi connectivity index (χ0n) is 14.2. The van der Waals surface area contributed by atoms with E-state index in [4.69, 9.17) is 10.5 Å². The lowest BCUT2D eigenvalue weighted by atomic mass is 9.75. The predicted molar refractivity (Wildman–Crippen MR) is 95.9 cm³/mol. The van der Waals surface area contributed by atoms with Crippen molar-refractivity contribution in [1.82, 2.24) is 0 Å². The highest BCUT2D eigenvalue weighted by Crippen LogP contribution is 2.37. The van der Waals surface area contributed by atoms with E-state index in [-0.39, 0.29) is 30.3 Å². The van der Waals surface area contributed by atoms with Crippen molar-refractivity contribution in [2.75, 3.05) is 0 Å². The zero-order valence-corrected chi connectivity index (χ0v) is 14.2. The Balaban J connectivity index is 1.65. The molecule has 4 nitrogen and oxygen atoms in total. The predicted octanol–water partition coefficient (Wildman–Crippen LogP) is 3.80. The number of primary amides is 1. The molecule has 0 aliphatic heterocycles. The van der Waals surface area contributed by atoms with E-state index in [1.54, 1.807) is 12.1 Å². The molecule has 2 aromatic rings. The third-order valence-electron chi connectivity index (χ3n) is 4.92. The van der Waals surface area contributed by atoms with Crippen molar-refractivity contribution in [2.24, 2.45) is 11.7 Å². The Morgan fingerprint density at radius 1 is 0.960 bits per heavy atom. The maximum atomic E-state index is 12.2. The van der Waals surface area contributed by atoms with Gasteiger partial charge in [0.15, 0.2) is 0 Å². The topological polar surface area (TPSA) is 69.4 Å². The van der Waals surface area contributed by atoms with E-state index in [1.165, 1.54) is 0 Å². The van der Waals surface area contributed by atoms with Gasteiger partial charge in [0.2, 0.25) is 5.91 Å². The third kappa shape index (κ3) is 4.27. The highest BCUT2D eigenvalue weighted by molar-refractivity contribution is 5.89. The fourth-order valence-electron chi connectivity index (χ4n) is 3.54. The van der Waals surface area contributed by atoms with Gasteiger partial charge in [0.1, 0.15) is 6.61 Å². The first-order valence-corrected chi connectivity index (χ1v) is 8.75. The molecule has 0 heterocycles. The average Bonchev–Trinajstić information content (AvgIpc) is 2.67. The SMILES string of the molecule is NC(=O)[C@H]1CCCC[C@H]1c1ccc(C(=O)OCc2ccccc2)cc1. The Kier molecular flexibility index (Phi) is 5.49. The van der Waals surface area contributed by atoms with Crippen LogP contribution in [0.25, 0.3) is 0 Å². The van der Waals surface area contributed by atoms with Crippen molar-refractivity contribution in [3.63, 3.8) is 0 Å². The van der Waals surface area contributed by atoms with E-state index in [0.29, 0.717) is 5.56 Å². The Morgan fingerprint density at radius 3 is 2.32 bits per heavy atom. The first kappa shape index (κ1) is 17.2. The molecule has 3 rings (SSSR count). The van der Waals surface area contributed by atoms with Crippen molar-refractivity contribution in [3.05, 3.63) is 71.3 Å². The summed E-state index contributed by atoms with van der Waals surface area (Å²) in [7, 11) is 0. The van der Waals surface area contributed by atoms with Gasteiger partial charge in [-0.25, -0.2) is 4.79 Å². The van der Waals surface area contributed by atoms with Crippen molar-refractivity contribution in [1.29, 1.82) is 0 Å². The number of amides is 1.